The summed E-state index contributed by atoms with van der Waals surface area (Å²) in [4.78, 5) is 16.0. The Morgan fingerprint density at radius 2 is 2.21 bits per heavy atom. The van der Waals surface area contributed by atoms with E-state index in [1.807, 2.05) is 26.1 Å². The first kappa shape index (κ1) is 13.7. The van der Waals surface area contributed by atoms with Crippen LogP contribution in [0.3, 0.4) is 0 Å². The molecule has 0 fully saturated rings. The molecule has 0 bridgehead atoms. The van der Waals surface area contributed by atoms with Crippen molar-refractivity contribution in [2.24, 2.45) is 0 Å². The van der Waals surface area contributed by atoms with Crippen LogP contribution in [0.5, 0.6) is 0 Å². The molecule has 0 saturated carbocycles. The summed E-state index contributed by atoms with van der Waals surface area (Å²) in [5.41, 5.74) is 2.82. The van der Waals surface area contributed by atoms with Crippen LogP contribution < -0.4 is 10.9 Å². The first-order valence-corrected chi connectivity index (χ1v) is 6.81. The number of nitrogens with one attached hydrogen (secondary N) is 1. The van der Waals surface area contributed by atoms with Crippen molar-refractivity contribution < 1.29 is 0 Å². The van der Waals surface area contributed by atoms with Crippen molar-refractivity contribution in [2.75, 3.05) is 5.32 Å². The molecule has 0 atom stereocenters. The highest BCUT2D eigenvalue weighted by Crippen LogP contribution is 2.17. The third-order valence-corrected chi connectivity index (χ3v) is 3.67. The summed E-state index contributed by atoms with van der Waals surface area (Å²) in [6, 6.07) is 1.96. The zero-order chi connectivity index (χ0) is 13.8. The van der Waals surface area contributed by atoms with E-state index in [1.54, 1.807) is 12.4 Å². The van der Waals surface area contributed by atoms with Gasteiger partial charge in [0.25, 0.3) is 5.56 Å². The molecule has 2 aromatic heterocycles. The Morgan fingerprint density at radius 1 is 1.42 bits per heavy atom. The predicted molar refractivity (Wildman–Crippen MR) is 78.2 cm³/mol. The summed E-state index contributed by atoms with van der Waals surface area (Å²) < 4.78 is 1.91. The van der Waals surface area contributed by atoms with Crippen LogP contribution in [0.15, 0.2) is 33.9 Å². The van der Waals surface area contributed by atoms with Crippen molar-refractivity contribution in [1.29, 1.82) is 0 Å². The zero-order valence-corrected chi connectivity index (χ0v) is 12.4. The van der Waals surface area contributed by atoms with Gasteiger partial charge in [0.1, 0.15) is 4.47 Å². The van der Waals surface area contributed by atoms with E-state index >= 15 is 0 Å². The number of halogens is 1. The van der Waals surface area contributed by atoms with Gasteiger partial charge in [0.05, 0.1) is 11.9 Å². The lowest BCUT2D eigenvalue weighted by Gasteiger charge is -2.10. The second-order valence-corrected chi connectivity index (χ2v) is 4.94. The fraction of sp³-hybridized carbons (Fsp3) is 0.308. The molecule has 2 aromatic rings. The van der Waals surface area contributed by atoms with Crippen LogP contribution in [-0.4, -0.2) is 14.8 Å². The van der Waals surface area contributed by atoms with Crippen LogP contribution in [0.4, 0.5) is 5.69 Å². The lowest BCUT2D eigenvalue weighted by Crippen LogP contribution is -2.23. The number of rotatable bonds is 4. The van der Waals surface area contributed by atoms with E-state index < -0.39 is 0 Å². The summed E-state index contributed by atoms with van der Waals surface area (Å²) in [5, 5.41) is 7.29. The molecule has 6 heteroatoms. The van der Waals surface area contributed by atoms with Gasteiger partial charge in [-0.15, -0.1) is 0 Å². The van der Waals surface area contributed by atoms with Gasteiger partial charge in [-0.1, -0.05) is 0 Å². The molecule has 0 spiro atoms. The third kappa shape index (κ3) is 3.01. The van der Waals surface area contributed by atoms with Crippen LogP contribution >= 0.6 is 15.9 Å². The Morgan fingerprint density at radius 3 is 2.89 bits per heavy atom. The van der Waals surface area contributed by atoms with E-state index in [0.717, 1.165) is 11.1 Å². The Bertz CT molecular complexity index is 639. The Kier molecular flexibility index (Phi) is 4.31. The highest BCUT2D eigenvalue weighted by Gasteiger charge is 2.08. The van der Waals surface area contributed by atoms with Gasteiger partial charge in [0.2, 0.25) is 0 Å². The van der Waals surface area contributed by atoms with Crippen molar-refractivity contribution in [1.82, 2.24) is 14.8 Å². The quantitative estimate of drug-likeness (QED) is 0.938. The van der Waals surface area contributed by atoms with Crippen molar-refractivity contribution in [3.63, 3.8) is 0 Å². The highest BCUT2D eigenvalue weighted by atomic mass is 79.9. The SMILES string of the molecule is CCn1ncc(NCc2cnccc2C)c(Br)c1=O. The fourth-order valence-corrected chi connectivity index (χ4v) is 2.13. The van der Waals surface area contributed by atoms with Gasteiger partial charge < -0.3 is 5.32 Å². The smallest absolute Gasteiger partial charge is 0.283 e. The first-order chi connectivity index (χ1) is 9.13. The largest absolute Gasteiger partial charge is 0.379 e. The second-order valence-electron chi connectivity index (χ2n) is 4.15. The van der Waals surface area contributed by atoms with E-state index in [2.05, 4.69) is 31.3 Å². The number of aromatic nitrogens is 3. The van der Waals surface area contributed by atoms with Crippen LogP contribution in [0, 0.1) is 6.92 Å². The average molecular weight is 323 g/mol. The minimum atomic E-state index is -0.129. The fourth-order valence-electron chi connectivity index (χ4n) is 1.69. The second kappa shape index (κ2) is 5.97. The van der Waals surface area contributed by atoms with Crippen LogP contribution in [0.25, 0.3) is 0 Å². The van der Waals surface area contributed by atoms with Gasteiger partial charge in [-0.2, -0.15) is 5.10 Å². The highest BCUT2D eigenvalue weighted by molar-refractivity contribution is 9.10. The van der Waals surface area contributed by atoms with E-state index in [4.69, 9.17) is 0 Å². The predicted octanol–water partition coefficient (Wildman–Crippen LogP) is 2.34. The van der Waals surface area contributed by atoms with Crippen LogP contribution in [-0.2, 0) is 13.1 Å². The van der Waals surface area contributed by atoms with E-state index in [0.29, 0.717) is 23.2 Å². The lowest BCUT2D eigenvalue weighted by atomic mass is 10.1. The molecular formula is C13H15BrN4O. The Hall–Kier alpha value is -1.69. The standard InChI is InChI=1S/C13H15BrN4O/c1-3-18-13(19)12(14)11(8-17-18)16-7-10-6-15-5-4-9(10)2/h4-6,8,16H,3,7H2,1-2H3. The molecule has 0 radical (unpaired) electrons. The van der Waals surface area contributed by atoms with E-state index in [9.17, 15) is 4.79 Å². The van der Waals surface area contributed by atoms with Crippen molar-refractivity contribution >= 4 is 21.6 Å². The molecule has 2 rings (SSSR count). The lowest BCUT2D eigenvalue weighted by molar-refractivity contribution is 0.613. The minimum absolute atomic E-state index is 0.129. The molecule has 100 valence electrons. The molecule has 5 nitrogen and oxygen atoms in total. The maximum atomic E-state index is 11.9. The number of hydrogen-bond donors (Lipinski definition) is 1. The van der Waals surface area contributed by atoms with Crippen molar-refractivity contribution in [3.05, 3.63) is 50.6 Å². The molecule has 0 aliphatic carbocycles. The molecule has 0 saturated heterocycles. The van der Waals surface area contributed by atoms with E-state index in [-0.39, 0.29) is 5.56 Å². The van der Waals surface area contributed by atoms with E-state index in [1.165, 1.54) is 4.68 Å². The Labute approximate surface area is 119 Å². The number of aryl methyl sites for hydroxylation is 2. The molecule has 0 aliphatic heterocycles. The molecular weight excluding hydrogens is 308 g/mol. The Balaban J connectivity index is 2.19. The van der Waals surface area contributed by atoms with Gasteiger partial charge >= 0.3 is 0 Å². The minimum Gasteiger partial charge on any atom is -0.379 e. The first-order valence-electron chi connectivity index (χ1n) is 6.02. The summed E-state index contributed by atoms with van der Waals surface area (Å²) in [5.74, 6) is 0. The molecule has 1 N–H and O–H groups in total. The van der Waals surface area contributed by atoms with Gasteiger partial charge in [-0.3, -0.25) is 9.78 Å². The van der Waals surface area contributed by atoms with Crippen LogP contribution in [0.2, 0.25) is 0 Å². The number of nitrogens with zero attached hydrogens (tertiary/aromatic N) is 3. The molecule has 0 amide bonds. The molecule has 19 heavy (non-hydrogen) atoms. The average Bonchev–Trinajstić information content (AvgIpc) is 2.42. The molecule has 0 unspecified atom stereocenters. The van der Waals surface area contributed by atoms with Gasteiger partial charge in [0, 0.05) is 25.5 Å². The number of anilines is 1. The summed E-state index contributed by atoms with van der Waals surface area (Å²) in [7, 11) is 0. The number of pyridine rings is 1. The normalized spacial score (nSPS) is 10.5. The summed E-state index contributed by atoms with van der Waals surface area (Å²) in [6.45, 7) is 5.07. The van der Waals surface area contributed by atoms with Gasteiger partial charge in [-0.25, -0.2) is 4.68 Å². The maximum Gasteiger partial charge on any atom is 0.283 e. The van der Waals surface area contributed by atoms with Crippen molar-refractivity contribution in [3.8, 4) is 0 Å². The van der Waals surface area contributed by atoms with Crippen LogP contribution in [0.1, 0.15) is 18.1 Å². The summed E-state index contributed by atoms with van der Waals surface area (Å²) >= 11 is 3.31. The third-order valence-electron chi connectivity index (χ3n) is 2.90. The topological polar surface area (TPSA) is 59.8 Å². The molecule has 0 aromatic carbocycles. The van der Waals surface area contributed by atoms with Crippen molar-refractivity contribution in [2.45, 2.75) is 26.9 Å². The molecule has 0 aliphatic rings. The zero-order valence-electron chi connectivity index (χ0n) is 10.9. The van der Waals surface area contributed by atoms with Gasteiger partial charge in [0.15, 0.2) is 0 Å². The summed E-state index contributed by atoms with van der Waals surface area (Å²) in [6.07, 6.45) is 5.23. The molecule has 2 heterocycles. The van der Waals surface area contributed by atoms with Gasteiger partial charge in [-0.05, 0) is 47.0 Å². The monoisotopic (exact) mass is 322 g/mol. The number of hydrogen-bond acceptors (Lipinski definition) is 4. The maximum absolute atomic E-state index is 11.9.